The molecule has 3 rings (SSSR count). The molecule has 1 aromatic rings. The van der Waals surface area contributed by atoms with Crippen LogP contribution in [0.15, 0.2) is 16.7 Å². The highest BCUT2D eigenvalue weighted by Crippen LogP contribution is 2.31. The van der Waals surface area contributed by atoms with Gasteiger partial charge in [0.1, 0.15) is 5.82 Å². The summed E-state index contributed by atoms with van der Waals surface area (Å²) in [6.07, 6.45) is 7.20. The van der Waals surface area contributed by atoms with Crippen molar-refractivity contribution in [3.05, 3.63) is 22.3 Å². The first-order chi connectivity index (χ1) is 9.65. The third kappa shape index (κ3) is 3.17. The Bertz CT molecular complexity index is 473. The topological polar surface area (TPSA) is 28.2 Å². The minimum Gasteiger partial charge on any atom is -0.353 e. The van der Waals surface area contributed by atoms with Gasteiger partial charge in [-0.25, -0.2) is 4.98 Å². The van der Waals surface area contributed by atoms with Crippen molar-refractivity contribution in [3.63, 3.8) is 0 Å². The fourth-order valence-electron chi connectivity index (χ4n) is 3.04. The molecule has 2 atom stereocenters. The number of nitrogens with zero attached hydrogens (tertiary/aromatic N) is 2. The van der Waals surface area contributed by atoms with E-state index in [2.05, 4.69) is 46.1 Å². The van der Waals surface area contributed by atoms with E-state index in [4.69, 9.17) is 4.98 Å². The van der Waals surface area contributed by atoms with E-state index in [9.17, 15) is 0 Å². The van der Waals surface area contributed by atoms with E-state index in [1.54, 1.807) is 0 Å². The Hall–Kier alpha value is -0.610. The maximum atomic E-state index is 4.72. The smallest absolute Gasteiger partial charge is 0.133 e. The Morgan fingerprint density at radius 2 is 2.15 bits per heavy atom. The van der Waals surface area contributed by atoms with Crippen molar-refractivity contribution in [3.8, 4) is 0 Å². The van der Waals surface area contributed by atoms with Gasteiger partial charge >= 0.3 is 0 Å². The summed E-state index contributed by atoms with van der Waals surface area (Å²) >= 11 is 3.56. The Balaban J connectivity index is 1.82. The molecule has 1 saturated carbocycles. The lowest BCUT2D eigenvalue weighted by molar-refractivity contribution is 0.360. The number of piperidine rings is 1. The van der Waals surface area contributed by atoms with Crippen molar-refractivity contribution in [2.75, 3.05) is 11.4 Å². The molecule has 4 heteroatoms. The van der Waals surface area contributed by atoms with Crippen LogP contribution in [0, 0.1) is 5.92 Å². The highest BCUT2D eigenvalue weighted by Gasteiger charge is 2.28. The second kappa shape index (κ2) is 6.02. The van der Waals surface area contributed by atoms with Crippen LogP contribution in [0.3, 0.4) is 0 Å². The minimum atomic E-state index is 0.581. The Morgan fingerprint density at radius 3 is 2.90 bits per heavy atom. The molecule has 20 heavy (non-hydrogen) atoms. The van der Waals surface area contributed by atoms with Crippen LogP contribution in [-0.4, -0.2) is 23.6 Å². The fraction of sp³-hybridized carbons (Fsp3) is 0.688. The Morgan fingerprint density at radius 1 is 1.35 bits per heavy atom. The fourth-order valence-corrected chi connectivity index (χ4v) is 3.42. The largest absolute Gasteiger partial charge is 0.353 e. The zero-order chi connectivity index (χ0) is 14.1. The number of aromatic nitrogens is 1. The second-order valence-electron chi connectivity index (χ2n) is 6.34. The van der Waals surface area contributed by atoms with Crippen molar-refractivity contribution < 1.29 is 0 Å². The molecule has 2 fully saturated rings. The van der Waals surface area contributed by atoms with Crippen molar-refractivity contribution in [2.45, 2.75) is 58.2 Å². The van der Waals surface area contributed by atoms with Gasteiger partial charge in [0.2, 0.25) is 0 Å². The molecule has 0 bridgehead atoms. The average molecular weight is 338 g/mol. The summed E-state index contributed by atoms with van der Waals surface area (Å²) in [6, 6.07) is 3.54. The van der Waals surface area contributed by atoms with Crippen LogP contribution in [0.2, 0.25) is 0 Å². The van der Waals surface area contributed by atoms with Gasteiger partial charge in [-0.1, -0.05) is 6.92 Å². The quantitative estimate of drug-likeness (QED) is 0.907. The standard InChI is InChI=1S/C16H24BrN3/c1-11-4-3-7-20(12(11)2)16-13(8-14(17)10-19-16)9-18-15-5-6-15/h8,10-12,15,18H,3-7,9H2,1-2H3. The Kier molecular flexibility index (Phi) is 4.32. The van der Waals surface area contributed by atoms with Crippen LogP contribution in [0.1, 0.15) is 45.1 Å². The van der Waals surface area contributed by atoms with Crippen LogP contribution in [-0.2, 0) is 6.54 Å². The molecule has 1 aromatic heterocycles. The summed E-state index contributed by atoms with van der Waals surface area (Å²) in [4.78, 5) is 7.23. The molecule has 2 heterocycles. The molecule has 2 aliphatic rings. The second-order valence-corrected chi connectivity index (χ2v) is 7.26. The lowest BCUT2D eigenvalue weighted by Gasteiger charge is -2.39. The minimum absolute atomic E-state index is 0.581. The van der Waals surface area contributed by atoms with Crippen LogP contribution in [0.5, 0.6) is 0 Å². The summed E-state index contributed by atoms with van der Waals surface area (Å²) in [6.45, 7) is 6.77. The molecule has 1 aliphatic heterocycles. The van der Waals surface area contributed by atoms with E-state index < -0.39 is 0 Å². The zero-order valence-corrected chi connectivity index (χ0v) is 14.0. The molecular formula is C16H24BrN3. The summed E-state index contributed by atoms with van der Waals surface area (Å²) in [5.41, 5.74) is 1.33. The number of anilines is 1. The van der Waals surface area contributed by atoms with Gasteiger partial charge in [0.05, 0.1) is 0 Å². The SMILES string of the molecule is CC1CCCN(c2ncc(Br)cc2CNC2CC2)C1C. The van der Waals surface area contributed by atoms with E-state index in [-0.39, 0.29) is 0 Å². The first-order valence-corrected chi connectivity index (χ1v) is 8.59. The first-order valence-electron chi connectivity index (χ1n) is 7.79. The normalized spacial score (nSPS) is 26.9. The number of pyridine rings is 1. The molecular weight excluding hydrogens is 314 g/mol. The van der Waals surface area contributed by atoms with E-state index in [0.29, 0.717) is 6.04 Å². The number of hydrogen-bond donors (Lipinski definition) is 1. The molecule has 0 amide bonds. The van der Waals surface area contributed by atoms with E-state index in [0.717, 1.165) is 29.5 Å². The van der Waals surface area contributed by atoms with Crippen LogP contribution in [0.4, 0.5) is 5.82 Å². The van der Waals surface area contributed by atoms with Crippen LogP contribution >= 0.6 is 15.9 Å². The molecule has 0 radical (unpaired) electrons. The van der Waals surface area contributed by atoms with Crippen molar-refractivity contribution in [1.29, 1.82) is 0 Å². The van der Waals surface area contributed by atoms with Gasteiger partial charge in [-0.05, 0) is 60.5 Å². The molecule has 3 nitrogen and oxygen atoms in total. The predicted molar refractivity (Wildman–Crippen MR) is 87.0 cm³/mol. The first kappa shape index (κ1) is 14.3. The van der Waals surface area contributed by atoms with Gasteiger partial charge in [-0.2, -0.15) is 0 Å². The molecule has 1 N–H and O–H groups in total. The number of nitrogens with one attached hydrogen (secondary N) is 1. The third-order valence-electron chi connectivity index (χ3n) is 4.71. The third-order valence-corrected chi connectivity index (χ3v) is 5.15. The number of halogens is 1. The number of hydrogen-bond acceptors (Lipinski definition) is 3. The van der Waals surface area contributed by atoms with Crippen LogP contribution in [0.25, 0.3) is 0 Å². The van der Waals surface area contributed by atoms with Gasteiger partial charge in [0, 0.05) is 41.4 Å². The predicted octanol–water partition coefficient (Wildman–Crippen LogP) is 3.72. The van der Waals surface area contributed by atoms with Gasteiger partial charge in [-0.15, -0.1) is 0 Å². The average Bonchev–Trinajstić information content (AvgIpc) is 3.24. The monoisotopic (exact) mass is 337 g/mol. The van der Waals surface area contributed by atoms with Crippen molar-refractivity contribution in [1.82, 2.24) is 10.3 Å². The Labute approximate surface area is 130 Å². The summed E-state index contributed by atoms with van der Waals surface area (Å²) < 4.78 is 1.08. The van der Waals surface area contributed by atoms with E-state index in [1.165, 1.54) is 37.1 Å². The molecule has 1 saturated heterocycles. The molecule has 0 spiro atoms. The summed E-state index contributed by atoms with van der Waals surface area (Å²) in [5, 5.41) is 3.62. The lowest BCUT2D eigenvalue weighted by atomic mass is 9.92. The van der Waals surface area contributed by atoms with Gasteiger partial charge < -0.3 is 10.2 Å². The lowest BCUT2D eigenvalue weighted by Crippen LogP contribution is -2.43. The molecule has 110 valence electrons. The number of rotatable bonds is 4. The zero-order valence-electron chi connectivity index (χ0n) is 12.4. The highest BCUT2D eigenvalue weighted by atomic mass is 79.9. The molecule has 1 aliphatic carbocycles. The van der Waals surface area contributed by atoms with Crippen molar-refractivity contribution >= 4 is 21.7 Å². The van der Waals surface area contributed by atoms with E-state index in [1.807, 2.05) is 6.20 Å². The van der Waals surface area contributed by atoms with E-state index >= 15 is 0 Å². The van der Waals surface area contributed by atoms with Gasteiger partial charge in [0.25, 0.3) is 0 Å². The summed E-state index contributed by atoms with van der Waals surface area (Å²) in [5.74, 6) is 1.93. The van der Waals surface area contributed by atoms with Crippen molar-refractivity contribution in [2.24, 2.45) is 5.92 Å². The molecule has 2 unspecified atom stereocenters. The van der Waals surface area contributed by atoms with Gasteiger partial charge in [0.15, 0.2) is 0 Å². The van der Waals surface area contributed by atoms with Gasteiger partial charge in [-0.3, -0.25) is 0 Å². The highest BCUT2D eigenvalue weighted by molar-refractivity contribution is 9.10. The summed E-state index contributed by atoms with van der Waals surface area (Å²) in [7, 11) is 0. The maximum Gasteiger partial charge on any atom is 0.133 e. The van der Waals surface area contributed by atoms with Crippen LogP contribution < -0.4 is 10.2 Å². The molecule has 0 aromatic carbocycles. The maximum absolute atomic E-state index is 4.72.